The Morgan fingerprint density at radius 2 is 1.43 bits per heavy atom. The summed E-state index contributed by atoms with van der Waals surface area (Å²) in [5.41, 5.74) is 2.37. The lowest BCUT2D eigenvalue weighted by molar-refractivity contribution is -0.131. The van der Waals surface area contributed by atoms with E-state index in [9.17, 15) is 4.79 Å². The first-order valence-electron chi connectivity index (χ1n) is 10.1. The quantitative estimate of drug-likeness (QED) is 0.676. The Bertz CT molecular complexity index is 924. The minimum Gasteiger partial charge on any atom is -0.492 e. The fraction of sp³-hybridized carbons (Fsp3) is 0.348. The van der Waals surface area contributed by atoms with E-state index in [1.165, 1.54) is 11.1 Å². The number of rotatable bonds is 8. The minimum absolute atomic E-state index is 0.00629. The molecule has 7 nitrogen and oxygen atoms in total. The van der Waals surface area contributed by atoms with Crippen LogP contribution in [-0.2, 0) is 4.79 Å². The number of fused-ring (bicyclic) bond motifs is 1. The third-order valence-corrected chi connectivity index (χ3v) is 5.16. The molecule has 0 bridgehead atoms. The first kappa shape index (κ1) is 19.9. The molecule has 2 aliphatic heterocycles. The number of aliphatic imine (C=N–C) groups is 1. The summed E-state index contributed by atoms with van der Waals surface area (Å²) in [5.74, 6) is 1.24. The zero-order valence-electron chi connectivity index (χ0n) is 17.3. The van der Waals surface area contributed by atoms with E-state index in [1.54, 1.807) is 17.5 Å². The van der Waals surface area contributed by atoms with Crippen LogP contribution in [0, 0.1) is 19.8 Å². The third-order valence-electron chi connectivity index (χ3n) is 5.16. The molecule has 0 fully saturated rings. The van der Waals surface area contributed by atoms with Gasteiger partial charge >= 0.3 is 0 Å². The molecule has 2 heterocycles. The number of ether oxygens (including phenoxy) is 2. The zero-order valence-corrected chi connectivity index (χ0v) is 17.3. The predicted molar refractivity (Wildman–Crippen MR) is 116 cm³/mol. The zero-order chi connectivity index (χ0) is 20.9. The number of amides is 1. The van der Waals surface area contributed by atoms with E-state index in [4.69, 9.17) is 9.47 Å². The van der Waals surface area contributed by atoms with Crippen molar-refractivity contribution in [2.45, 2.75) is 20.0 Å². The van der Waals surface area contributed by atoms with Gasteiger partial charge in [-0.3, -0.25) is 14.7 Å². The van der Waals surface area contributed by atoms with Crippen molar-refractivity contribution in [3.63, 3.8) is 0 Å². The first-order chi connectivity index (χ1) is 14.6. The van der Waals surface area contributed by atoms with Crippen LogP contribution in [0.3, 0.4) is 0 Å². The lowest BCUT2D eigenvalue weighted by Crippen LogP contribution is -2.48. The number of benzene rings is 2. The molecule has 0 saturated heterocycles. The maximum atomic E-state index is 12.8. The molecule has 0 N–H and O–H groups in total. The first-order valence-corrected chi connectivity index (χ1v) is 10.1. The molecule has 0 aromatic heterocycles. The van der Waals surface area contributed by atoms with Crippen molar-refractivity contribution >= 4 is 18.5 Å². The summed E-state index contributed by atoms with van der Waals surface area (Å²) in [6.07, 6.45) is 2.99. The van der Waals surface area contributed by atoms with Crippen LogP contribution < -0.4 is 9.47 Å². The molecule has 2 atom stereocenters. The summed E-state index contributed by atoms with van der Waals surface area (Å²) in [6.45, 7) is 5.96. The molecule has 0 spiro atoms. The van der Waals surface area contributed by atoms with Crippen LogP contribution in [0.4, 0.5) is 0 Å². The molecule has 0 aliphatic carbocycles. The number of carbonyl (C=O) groups is 1. The topological polar surface area (TPSA) is 66.7 Å². The standard InChI is InChI=1S/C23H26N4O3/c1-17-3-7-19(8-4-17)29-13-11-26-16-24-22-21(23(26)28)15-25-27(22)12-14-30-20-9-5-18(2)6-10-20/h3-10,15-16,21-22H,11-14H2,1-2H3/t21-,22-/m1/s1. The molecule has 0 saturated carbocycles. The van der Waals surface area contributed by atoms with E-state index in [0.717, 1.165) is 11.5 Å². The monoisotopic (exact) mass is 406 g/mol. The van der Waals surface area contributed by atoms with Crippen molar-refractivity contribution in [1.29, 1.82) is 0 Å². The van der Waals surface area contributed by atoms with Gasteiger partial charge in [0.05, 0.1) is 19.4 Å². The Morgan fingerprint density at radius 1 is 0.867 bits per heavy atom. The van der Waals surface area contributed by atoms with E-state index in [-0.39, 0.29) is 18.0 Å². The highest BCUT2D eigenvalue weighted by Gasteiger charge is 2.40. The Kier molecular flexibility index (Phi) is 5.97. The van der Waals surface area contributed by atoms with Crippen molar-refractivity contribution in [1.82, 2.24) is 9.91 Å². The molecular weight excluding hydrogens is 380 g/mol. The highest BCUT2D eigenvalue weighted by Crippen LogP contribution is 2.24. The highest BCUT2D eigenvalue weighted by atomic mass is 16.5. The summed E-state index contributed by atoms with van der Waals surface area (Å²) in [4.78, 5) is 19.0. The third kappa shape index (κ3) is 4.62. The molecule has 0 radical (unpaired) electrons. The number of hydrazone groups is 1. The molecule has 1 amide bonds. The minimum atomic E-state index is -0.367. The fourth-order valence-corrected chi connectivity index (χ4v) is 3.39. The molecule has 2 aromatic carbocycles. The summed E-state index contributed by atoms with van der Waals surface area (Å²) in [7, 11) is 0. The second-order valence-electron chi connectivity index (χ2n) is 7.49. The van der Waals surface area contributed by atoms with Crippen molar-refractivity contribution in [3.8, 4) is 11.5 Å². The van der Waals surface area contributed by atoms with Crippen LogP contribution in [0.1, 0.15) is 11.1 Å². The average Bonchev–Trinajstić information content (AvgIpc) is 3.16. The van der Waals surface area contributed by atoms with E-state index in [2.05, 4.69) is 10.1 Å². The van der Waals surface area contributed by atoms with Gasteiger partial charge in [-0.05, 0) is 38.1 Å². The average molecular weight is 406 g/mol. The molecule has 30 heavy (non-hydrogen) atoms. The number of hydrogen-bond acceptors (Lipinski definition) is 6. The summed E-state index contributed by atoms with van der Waals surface area (Å²) < 4.78 is 11.5. The van der Waals surface area contributed by atoms with Crippen LogP contribution in [0.2, 0.25) is 0 Å². The van der Waals surface area contributed by atoms with Crippen LogP contribution in [0.5, 0.6) is 11.5 Å². The van der Waals surface area contributed by atoms with Gasteiger partial charge in [-0.25, -0.2) is 4.99 Å². The summed E-state index contributed by atoms with van der Waals surface area (Å²) in [5, 5.41) is 6.20. The largest absolute Gasteiger partial charge is 0.492 e. The van der Waals surface area contributed by atoms with Crippen LogP contribution in [-0.4, -0.2) is 60.8 Å². The van der Waals surface area contributed by atoms with Gasteiger partial charge in [0.1, 0.15) is 30.6 Å². The maximum absolute atomic E-state index is 12.8. The Balaban J connectivity index is 1.26. The van der Waals surface area contributed by atoms with Gasteiger partial charge in [0.15, 0.2) is 6.17 Å². The fourth-order valence-electron chi connectivity index (χ4n) is 3.39. The van der Waals surface area contributed by atoms with Gasteiger partial charge in [-0.2, -0.15) is 5.10 Å². The normalized spacial score (nSPS) is 19.9. The predicted octanol–water partition coefficient (Wildman–Crippen LogP) is 2.88. The van der Waals surface area contributed by atoms with E-state index in [0.29, 0.717) is 26.3 Å². The number of hydrogen-bond donors (Lipinski definition) is 0. The molecular formula is C23H26N4O3. The second kappa shape index (κ2) is 8.98. The lowest BCUT2D eigenvalue weighted by Gasteiger charge is -2.31. The molecule has 2 aliphatic rings. The van der Waals surface area contributed by atoms with Crippen molar-refractivity contribution in [2.24, 2.45) is 16.0 Å². The van der Waals surface area contributed by atoms with E-state index < -0.39 is 0 Å². The molecule has 156 valence electrons. The van der Waals surface area contributed by atoms with Gasteiger partial charge < -0.3 is 9.47 Å². The SMILES string of the molecule is Cc1ccc(OCCN2C=N[C@H]3[C@@H](C=NN3CCOc3ccc(C)cc3)C2=O)cc1. The van der Waals surface area contributed by atoms with Crippen molar-refractivity contribution in [2.75, 3.05) is 26.3 Å². The van der Waals surface area contributed by atoms with Crippen LogP contribution in [0.25, 0.3) is 0 Å². The Hall–Kier alpha value is -3.35. The smallest absolute Gasteiger partial charge is 0.240 e. The Labute approximate surface area is 176 Å². The van der Waals surface area contributed by atoms with Crippen molar-refractivity contribution < 1.29 is 14.3 Å². The van der Waals surface area contributed by atoms with Gasteiger partial charge in [-0.1, -0.05) is 35.4 Å². The molecule has 2 aromatic rings. The summed E-state index contributed by atoms with van der Waals surface area (Å²) >= 11 is 0. The second-order valence-corrected chi connectivity index (χ2v) is 7.49. The lowest BCUT2D eigenvalue weighted by atomic mass is 10.1. The van der Waals surface area contributed by atoms with E-state index >= 15 is 0 Å². The molecule has 4 rings (SSSR count). The molecule has 7 heteroatoms. The number of aryl methyl sites for hydroxylation is 2. The van der Waals surface area contributed by atoms with Gasteiger partial charge in [0, 0.05) is 6.21 Å². The maximum Gasteiger partial charge on any atom is 0.240 e. The van der Waals surface area contributed by atoms with Gasteiger partial charge in [0.25, 0.3) is 0 Å². The molecule has 0 unspecified atom stereocenters. The number of nitrogens with zero attached hydrogens (tertiary/aromatic N) is 4. The van der Waals surface area contributed by atoms with Crippen LogP contribution in [0.15, 0.2) is 58.6 Å². The Morgan fingerprint density at radius 3 is 2.03 bits per heavy atom. The highest BCUT2D eigenvalue weighted by molar-refractivity contribution is 6.01. The van der Waals surface area contributed by atoms with Gasteiger partial charge in [0.2, 0.25) is 5.91 Å². The van der Waals surface area contributed by atoms with Gasteiger partial charge in [-0.15, -0.1) is 0 Å². The number of carbonyl (C=O) groups excluding carboxylic acids is 1. The summed E-state index contributed by atoms with van der Waals surface area (Å²) in [6, 6.07) is 15.8. The van der Waals surface area contributed by atoms with Crippen LogP contribution >= 0.6 is 0 Å². The van der Waals surface area contributed by atoms with Crippen molar-refractivity contribution in [3.05, 3.63) is 59.7 Å². The van der Waals surface area contributed by atoms with E-state index in [1.807, 2.05) is 67.4 Å².